The molecule has 14 heavy (non-hydrogen) atoms. The van der Waals surface area contributed by atoms with Gasteiger partial charge in [-0.1, -0.05) is 13.8 Å². The van der Waals surface area contributed by atoms with Gasteiger partial charge in [0, 0.05) is 5.75 Å². The molecular formula is C10H17NOS2. The van der Waals surface area contributed by atoms with Crippen molar-refractivity contribution in [2.75, 3.05) is 5.75 Å². The van der Waals surface area contributed by atoms with Gasteiger partial charge in [0.05, 0.1) is 17.2 Å². The van der Waals surface area contributed by atoms with Gasteiger partial charge in [-0.2, -0.15) is 11.8 Å². The molecule has 0 atom stereocenters. The number of hydrogen-bond acceptors (Lipinski definition) is 4. The number of hydrogen-bond donors (Lipinski definition) is 1. The third-order valence-corrected chi connectivity index (χ3v) is 4.31. The normalized spacial score (nSPS) is 10.8. The van der Waals surface area contributed by atoms with Gasteiger partial charge in [-0.3, -0.25) is 0 Å². The highest BCUT2D eigenvalue weighted by Gasteiger charge is 2.08. The molecule has 0 amide bonds. The van der Waals surface area contributed by atoms with Crippen LogP contribution in [-0.4, -0.2) is 15.8 Å². The molecule has 0 aliphatic heterocycles. The van der Waals surface area contributed by atoms with Crippen molar-refractivity contribution in [3.8, 4) is 0 Å². The largest absolute Gasteiger partial charge is 0.391 e. The molecular weight excluding hydrogens is 214 g/mol. The average Bonchev–Trinajstić information content (AvgIpc) is 2.61. The number of aromatic nitrogens is 1. The van der Waals surface area contributed by atoms with Crippen LogP contribution >= 0.6 is 23.1 Å². The van der Waals surface area contributed by atoms with Crippen molar-refractivity contribution < 1.29 is 5.11 Å². The first-order valence-electron chi connectivity index (χ1n) is 4.97. The molecule has 80 valence electrons. The summed E-state index contributed by atoms with van der Waals surface area (Å²) in [5.41, 5.74) is 1.07. The van der Waals surface area contributed by atoms with Crippen LogP contribution in [0.3, 0.4) is 0 Å². The second-order valence-corrected chi connectivity index (χ2v) is 5.32. The molecule has 0 aromatic carbocycles. The molecule has 0 unspecified atom stereocenters. The Bertz CT molecular complexity index is 252. The van der Waals surface area contributed by atoms with Crippen molar-refractivity contribution in [3.05, 3.63) is 15.6 Å². The summed E-state index contributed by atoms with van der Waals surface area (Å²) < 4.78 is 0. The molecule has 0 aliphatic carbocycles. The highest BCUT2D eigenvalue weighted by Crippen LogP contribution is 2.23. The Balaban J connectivity index is 2.55. The molecule has 0 spiro atoms. The molecule has 0 radical (unpaired) electrons. The summed E-state index contributed by atoms with van der Waals surface area (Å²) in [6, 6.07) is 0. The second kappa shape index (κ2) is 6.43. The van der Waals surface area contributed by atoms with Crippen LogP contribution in [0, 0.1) is 0 Å². The first-order valence-corrected chi connectivity index (χ1v) is 6.95. The fourth-order valence-electron chi connectivity index (χ4n) is 1.20. The van der Waals surface area contributed by atoms with Gasteiger partial charge in [-0.25, -0.2) is 4.98 Å². The topological polar surface area (TPSA) is 33.1 Å². The smallest absolute Gasteiger partial charge is 0.103 e. The van der Waals surface area contributed by atoms with Crippen LogP contribution in [-0.2, 0) is 18.8 Å². The minimum Gasteiger partial charge on any atom is -0.391 e. The zero-order valence-electron chi connectivity index (χ0n) is 8.75. The molecule has 0 fully saturated rings. The Morgan fingerprint density at radius 3 is 2.71 bits per heavy atom. The van der Waals surface area contributed by atoms with Crippen LogP contribution in [0.1, 0.15) is 35.8 Å². The average molecular weight is 231 g/mol. The highest BCUT2D eigenvalue weighted by atomic mass is 32.2. The first kappa shape index (κ1) is 12.0. The number of aliphatic hydroxyl groups is 1. The molecule has 0 bridgehead atoms. The minimum absolute atomic E-state index is 0.138. The van der Waals surface area contributed by atoms with E-state index in [1.165, 1.54) is 12.2 Å². The number of nitrogens with zero attached hydrogens (tertiary/aromatic N) is 1. The molecule has 1 heterocycles. The summed E-state index contributed by atoms with van der Waals surface area (Å²) in [5, 5.41) is 10.3. The molecule has 0 aliphatic rings. The van der Waals surface area contributed by atoms with Gasteiger partial charge in [0.25, 0.3) is 0 Å². The third-order valence-electron chi connectivity index (χ3n) is 1.88. The molecule has 1 N–H and O–H groups in total. The van der Waals surface area contributed by atoms with Crippen molar-refractivity contribution in [2.24, 2.45) is 0 Å². The van der Waals surface area contributed by atoms with Crippen LogP contribution in [0.25, 0.3) is 0 Å². The lowest BCUT2D eigenvalue weighted by atomic mass is 10.3. The lowest BCUT2D eigenvalue weighted by Gasteiger charge is -1.93. The second-order valence-electron chi connectivity index (χ2n) is 3.04. The minimum atomic E-state index is 0.138. The van der Waals surface area contributed by atoms with Gasteiger partial charge >= 0.3 is 0 Å². The summed E-state index contributed by atoms with van der Waals surface area (Å²) in [4.78, 5) is 5.55. The van der Waals surface area contributed by atoms with E-state index in [1.54, 1.807) is 11.3 Å². The summed E-state index contributed by atoms with van der Waals surface area (Å²) in [7, 11) is 0. The van der Waals surface area contributed by atoms with E-state index in [-0.39, 0.29) is 6.61 Å². The fourth-order valence-corrected chi connectivity index (χ4v) is 3.17. The van der Waals surface area contributed by atoms with Crippen molar-refractivity contribution in [1.82, 2.24) is 4.98 Å². The SMILES string of the molecule is CCCSCc1nc(CC)c(CO)s1. The van der Waals surface area contributed by atoms with Gasteiger partial charge in [0.1, 0.15) is 5.01 Å². The molecule has 1 aromatic rings. The van der Waals surface area contributed by atoms with Crippen LogP contribution in [0.15, 0.2) is 0 Å². The molecule has 0 saturated carbocycles. The van der Waals surface area contributed by atoms with Crippen molar-refractivity contribution in [1.29, 1.82) is 0 Å². The maximum absolute atomic E-state index is 9.10. The van der Waals surface area contributed by atoms with E-state index in [4.69, 9.17) is 5.11 Å². The Morgan fingerprint density at radius 2 is 2.21 bits per heavy atom. The summed E-state index contributed by atoms with van der Waals surface area (Å²) in [5.74, 6) is 2.18. The highest BCUT2D eigenvalue weighted by molar-refractivity contribution is 7.98. The lowest BCUT2D eigenvalue weighted by Crippen LogP contribution is -1.87. The third kappa shape index (κ3) is 3.26. The number of thiazole rings is 1. The zero-order valence-corrected chi connectivity index (χ0v) is 10.4. The van der Waals surface area contributed by atoms with Gasteiger partial charge in [-0.05, 0) is 18.6 Å². The van der Waals surface area contributed by atoms with Gasteiger partial charge in [0.15, 0.2) is 0 Å². The number of rotatable bonds is 6. The van der Waals surface area contributed by atoms with Crippen LogP contribution in [0.2, 0.25) is 0 Å². The maximum Gasteiger partial charge on any atom is 0.103 e. The standard InChI is InChI=1S/C10H17NOS2/c1-3-5-13-7-10-11-8(4-2)9(6-12)14-10/h12H,3-7H2,1-2H3. The maximum atomic E-state index is 9.10. The van der Waals surface area contributed by atoms with E-state index < -0.39 is 0 Å². The fraction of sp³-hybridized carbons (Fsp3) is 0.700. The van der Waals surface area contributed by atoms with Crippen LogP contribution < -0.4 is 0 Å². The number of aliphatic hydroxyl groups excluding tert-OH is 1. The van der Waals surface area contributed by atoms with Crippen molar-refractivity contribution in [2.45, 2.75) is 39.0 Å². The van der Waals surface area contributed by atoms with Crippen molar-refractivity contribution in [3.63, 3.8) is 0 Å². The summed E-state index contributed by atoms with van der Waals surface area (Å²) in [6.07, 6.45) is 2.13. The van der Waals surface area contributed by atoms with Gasteiger partial charge in [-0.15, -0.1) is 11.3 Å². The molecule has 0 saturated heterocycles. The van der Waals surface area contributed by atoms with E-state index in [2.05, 4.69) is 18.8 Å². The van der Waals surface area contributed by atoms with Crippen LogP contribution in [0.4, 0.5) is 0 Å². The molecule has 1 rings (SSSR count). The van der Waals surface area contributed by atoms with Crippen molar-refractivity contribution >= 4 is 23.1 Å². The van der Waals surface area contributed by atoms with E-state index in [0.717, 1.165) is 27.8 Å². The molecule has 4 heteroatoms. The Hall–Kier alpha value is -0.0600. The van der Waals surface area contributed by atoms with E-state index in [9.17, 15) is 0 Å². The zero-order chi connectivity index (χ0) is 10.4. The van der Waals surface area contributed by atoms with E-state index in [1.807, 2.05) is 11.8 Å². The lowest BCUT2D eigenvalue weighted by molar-refractivity contribution is 0.284. The number of aryl methyl sites for hydroxylation is 1. The number of thioether (sulfide) groups is 1. The Morgan fingerprint density at radius 1 is 1.43 bits per heavy atom. The quantitative estimate of drug-likeness (QED) is 0.764. The summed E-state index contributed by atoms with van der Waals surface area (Å²) >= 11 is 3.57. The first-order chi connectivity index (χ1) is 6.81. The Kier molecular flexibility index (Phi) is 5.52. The van der Waals surface area contributed by atoms with E-state index in [0.29, 0.717) is 0 Å². The molecule has 1 aromatic heterocycles. The Labute approximate surface area is 93.8 Å². The van der Waals surface area contributed by atoms with Crippen LogP contribution in [0.5, 0.6) is 0 Å². The monoisotopic (exact) mass is 231 g/mol. The predicted octanol–water partition coefficient (Wildman–Crippen LogP) is 2.84. The van der Waals surface area contributed by atoms with Gasteiger partial charge < -0.3 is 5.11 Å². The predicted molar refractivity (Wildman–Crippen MR) is 63.9 cm³/mol. The van der Waals surface area contributed by atoms with Gasteiger partial charge in [0.2, 0.25) is 0 Å². The molecule has 2 nitrogen and oxygen atoms in total. The summed E-state index contributed by atoms with van der Waals surface area (Å²) in [6.45, 7) is 4.40. The van der Waals surface area contributed by atoms with E-state index >= 15 is 0 Å².